The van der Waals surface area contributed by atoms with Gasteiger partial charge in [0.15, 0.2) is 17.3 Å². The van der Waals surface area contributed by atoms with Crippen LogP contribution in [0.25, 0.3) is 0 Å². The largest absolute Gasteiger partial charge is 0.481 e. The van der Waals surface area contributed by atoms with Gasteiger partial charge in [-0.1, -0.05) is 59.8 Å². The number of nitrogens with one attached hydrogen (secondary N) is 1. The number of hydrogen-bond donors (Lipinski definition) is 2. The van der Waals surface area contributed by atoms with Crippen LogP contribution < -0.4 is 5.32 Å². The maximum Gasteiger partial charge on any atom is 0.303 e. The number of nitrogens with zero attached hydrogens (tertiary/aromatic N) is 3. The second kappa shape index (κ2) is 17.4. The third kappa shape index (κ3) is 9.69. The summed E-state index contributed by atoms with van der Waals surface area (Å²) in [6.07, 6.45) is 11.2. The lowest BCUT2D eigenvalue weighted by atomic mass is 9.76. The molecule has 0 spiro atoms. The number of fused-ring (bicyclic) bond motifs is 1. The molecule has 50 heavy (non-hydrogen) atoms. The summed E-state index contributed by atoms with van der Waals surface area (Å²) in [5.41, 5.74) is -0.542. The van der Waals surface area contributed by atoms with Gasteiger partial charge in [0.1, 0.15) is 11.7 Å². The Morgan fingerprint density at radius 2 is 1.66 bits per heavy atom. The fraction of sp³-hybridized carbons (Fsp3) is 0.711. The van der Waals surface area contributed by atoms with Gasteiger partial charge in [-0.25, -0.2) is 4.98 Å². The van der Waals surface area contributed by atoms with Crippen LogP contribution in [0.1, 0.15) is 128 Å². The summed E-state index contributed by atoms with van der Waals surface area (Å²) in [4.78, 5) is 103. The first-order valence-electron chi connectivity index (χ1n) is 18.4. The first-order chi connectivity index (χ1) is 23.7. The summed E-state index contributed by atoms with van der Waals surface area (Å²) in [7, 11) is 0. The average Bonchev–Trinajstić information content (AvgIpc) is 3.69. The van der Waals surface area contributed by atoms with E-state index >= 15 is 0 Å². The maximum atomic E-state index is 14.6. The van der Waals surface area contributed by atoms with Crippen LogP contribution in [0.2, 0.25) is 0 Å². The minimum atomic E-state index is -1.18. The molecule has 3 fully saturated rings. The summed E-state index contributed by atoms with van der Waals surface area (Å²) in [6.45, 7) is 7.81. The van der Waals surface area contributed by atoms with Gasteiger partial charge in [0, 0.05) is 50.0 Å². The molecule has 0 radical (unpaired) electrons. The second-order valence-electron chi connectivity index (χ2n) is 15.7. The average molecular weight is 695 g/mol. The number of carbonyl (C=O) groups excluding carboxylic acids is 6. The molecule has 12 heteroatoms. The Balaban J connectivity index is 1.57. The summed E-state index contributed by atoms with van der Waals surface area (Å²) in [5, 5.41) is 12.0. The zero-order valence-corrected chi connectivity index (χ0v) is 30.0. The lowest BCUT2D eigenvalue weighted by molar-refractivity contribution is -0.146. The minimum Gasteiger partial charge on any atom is -0.481 e. The number of carboxylic acid groups (broad SMARTS) is 1. The van der Waals surface area contributed by atoms with Crippen molar-refractivity contribution in [2.45, 2.75) is 130 Å². The van der Waals surface area contributed by atoms with Crippen LogP contribution in [0.15, 0.2) is 18.6 Å². The number of Topliss-reactive ketones (excluding diaryl/α,β-unsaturated/α-hetero) is 4. The van der Waals surface area contributed by atoms with E-state index in [1.165, 1.54) is 18.6 Å². The number of carboxylic acids is 1. The zero-order valence-electron chi connectivity index (χ0n) is 30.0. The van der Waals surface area contributed by atoms with Crippen LogP contribution in [-0.4, -0.2) is 79.5 Å². The molecule has 274 valence electrons. The maximum absolute atomic E-state index is 14.6. The van der Waals surface area contributed by atoms with E-state index in [1.807, 2.05) is 27.7 Å². The van der Waals surface area contributed by atoms with Crippen molar-refractivity contribution < 1.29 is 38.7 Å². The SMILES string of the molecule is CCCC(CC(=O)C1[C@H]2CCC[C@H]2CN1C(=O)[C@@H](NC(=O)[C@H](CC(=O)c1cnccn1)C1CCCCC1)C(C)(C)C)C(=O)C(=O)CCC(=O)O. The Labute approximate surface area is 294 Å². The number of aromatic nitrogens is 2. The van der Waals surface area contributed by atoms with Crippen molar-refractivity contribution in [2.75, 3.05) is 6.54 Å². The van der Waals surface area contributed by atoms with E-state index in [2.05, 4.69) is 15.3 Å². The normalized spacial score (nSPS) is 22.6. The highest BCUT2D eigenvalue weighted by Gasteiger charge is 2.52. The Morgan fingerprint density at radius 1 is 0.940 bits per heavy atom. The van der Waals surface area contributed by atoms with Crippen molar-refractivity contribution in [1.29, 1.82) is 0 Å². The molecule has 2 heterocycles. The number of aliphatic carboxylic acids is 1. The molecule has 1 aromatic rings. The van der Waals surface area contributed by atoms with Crippen LogP contribution >= 0.6 is 0 Å². The van der Waals surface area contributed by atoms with E-state index in [0.717, 1.165) is 51.4 Å². The fourth-order valence-electron chi connectivity index (χ4n) is 8.38. The number of carbonyl (C=O) groups is 7. The van der Waals surface area contributed by atoms with Crippen molar-refractivity contribution in [1.82, 2.24) is 20.2 Å². The Bertz CT molecular complexity index is 1420. The summed E-state index contributed by atoms with van der Waals surface area (Å²) < 4.78 is 0. The Morgan fingerprint density at radius 3 is 2.28 bits per heavy atom. The number of amides is 2. The van der Waals surface area contributed by atoms with E-state index < -0.39 is 59.7 Å². The van der Waals surface area contributed by atoms with Crippen LogP contribution in [0.5, 0.6) is 0 Å². The van der Waals surface area contributed by atoms with Crippen LogP contribution in [-0.2, 0) is 28.8 Å². The Kier molecular flexibility index (Phi) is 13.6. The minimum absolute atomic E-state index is 0.0215. The lowest BCUT2D eigenvalue weighted by Gasteiger charge is -2.38. The molecule has 6 atom stereocenters. The molecule has 2 aliphatic carbocycles. The number of ketones is 4. The molecule has 2 saturated carbocycles. The van der Waals surface area contributed by atoms with E-state index in [-0.39, 0.29) is 59.7 Å². The Hall–Kier alpha value is -3.83. The van der Waals surface area contributed by atoms with E-state index in [0.29, 0.717) is 19.4 Å². The van der Waals surface area contributed by atoms with Gasteiger partial charge in [0.25, 0.3) is 0 Å². The van der Waals surface area contributed by atoms with E-state index in [4.69, 9.17) is 5.11 Å². The highest BCUT2D eigenvalue weighted by molar-refractivity contribution is 6.38. The predicted octanol–water partition coefficient (Wildman–Crippen LogP) is 4.78. The third-order valence-corrected chi connectivity index (χ3v) is 11.0. The van der Waals surface area contributed by atoms with Gasteiger partial charge in [0.05, 0.1) is 18.7 Å². The van der Waals surface area contributed by atoms with Crippen LogP contribution in [0, 0.1) is 35.0 Å². The molecule has 0 bridgehead atoms. The van der Waals surface area contributed by atoms with Gasteiger partial charge in [0.2, 0.25) is 17.6 Å². The standard InChI is InChI=1S/C38H54N4O8/c1-5-10-24(34(48)29(43)15-16-32(46)47)19-31(45)33-26-14-9-13-25(26)22-42(33)37(50)35(38(2,3)4)41-36(49)27(23-11-7-6-8-12-23)20-30(44)28-21-39-17-18-40-28/h17-18,21,23-27,33,35H,5-16,19-20,22H2,1-4H3,(H,41,49)(H,46,47)/t24?,25-,26-,27+,33?,35+/m0/s1. The van der Waals surface area contributed by atoms with Crippen molar-refractivity contribution in [3.63, 3.8) is 0 Å². The van der Waals surface area contributed by atoms with Crippen molar-refractivity contribution in [3.8, 4) is 0 Å². The molecule has 12 nitrogen and oxygen atoms in total. The summed E-state index contributed by atoms with van der Waals surface area (Å²) in [5.74, 6) is -5.51. The molecule has 1 saturated heterocycles. The summed E-state index contributed by atoms with van der Waals surface area (Å²) in [6, 6.07) is -1.77. The first-order valence-corrected chi connectivity index (χ1v) is 18.4. The molecular weight excluding hydrogens is 640 g/mol. The third-order valence-electron chi connectivity index (χ3n) is 11.0. The van der Waals surface area contributed by atoms with Gasteiger partial charge >= 0.3 is 5.97 Å². The molecule has 2 amide bonds. The monoisotopic (exact) mass is 694 g/mol. The number of likely N-dealkylation sites (tertiary alicyclic amines) is 1. The van der Waals surface area contributed by atoms with E-state index in [1.54, 1.807) is 4.90 Å². The van der Waals surface area contributed by atoms with Crippen molar-refractivity contribution in [3.05, 3.63) is 24.3 Å². The van der Waals surface area contributed by atoms with Crippen molar-refractivity contribution in [2.24, 2.45) is 35.0 Å². The molecular formula is C38H54N4O8. The molecule has 4 rings (SSSR count). The van der Waals surface area contributed by atoms with Crippen LogP contribution in [0.4, 0.5) is 0 Å². The van der Waals surface area contributed by atoms with Gasteiger partial charge in [-0.3, -0.25) is 38.5 Å². The van der Waals surface area contributed by atoms with Crippen molar-refractivity contribution >= 4 is 40.9 Å². The van der Waals surface area contributed by atoms with Gasteiger partial charge in [-0.2, -0.15) is 0 Å². The van der Waals surface area contributed by atoms with Gasteiger partial charge < -0.3 is 15.3 Å². The van der Waals surface area contributed by atoms with Gasteiger partial charge in [-0.05, 0) is 55.3 Å². The molecule has 0 aromatic carbocycles. The fourth-order valence-corrected chi connectivity index (χ4v) is 8.38. The first kappa shape index (κ1) is 39.0. The van der Waals surface area contributed by atoms with E-state index in [9.17, 15) is 33.6 Å². The summed E-state index contributed by atoms with van der Waals surface area (Å²) >= 11 is 0. The second-order valence-corrected chi connectivity index (χ2v) is 15.7. The molecule has 1 aliphatic heterocycles. The van der Waals surface area contributed by atoms with Gasteiger partial charge in [-0.15, -0.1) is 0 Å². The van der Waals surface area contributed by atoms with Crippen LogP contribution in [0.3, 0.4) is 0 Å². The molecule has 3 aliphatic rings. The highest BCUT2D eigenvalue weighted by Crippen LogP contribution is 2.44. The molecule has 2 unspecified atom stereocenters. The molecule has 1 aromatic heterocycles. The zero-order chi connectivity index (χ0) is 36.6. The predicted molar refractivity (Wildman–Crippen MR) is 184 cm³/mol. The topological polar surface area (TPSA) is 181 Å². The smallest absolute Gasteiger partial charge is 0.303 e. The highest BCUT2D eigenvalue weighted by atomic mass is 16.4. The lowest BCUT2D eigenvalue weighted by Crippen LogP contribution is -2.58. The quantitative estimate of drug-likeness (QED) is 0.170. The number of hydrogen-bond acceptors (Lipinski definition) is 9. The number of rotatable bonds is 17. The molecule has 2 N–H and O–H groups in total.